The minimum Gasteiger partial charge on any atom is -0.497 e. The van der Waals surface area contributed by atoms with Gasteiger partial charge in [0.1, 0.15) is 46.5 Å². The Kier molecular flexibility index (Phi) is 10.6. The summed E-state index contributed by atoms with van der Waals surface area (Å²) in [7, 11) is 3.36. The van der Waals surface area contributed by atoms with Crippen LogP contribution in [0.25, 0.3) is 22.3 Å². The number of ether oxygens (including phenoxy) is 3. The van der Waals surface area contributed by atoms with Crippen LogP contribution in [0.5, 0.6) is 11.5 Å². The zero-order chi connectivity index (χ0) is 37.2. The average Bonchev–Trinajstić information content (AvgIpc) is 3.39. The minimum atomic E-state index is -1.45. The molecule has 1 saturated heterocycles. The van der Waals surface area contributed by atoms with Crippen LogP contribution in [0.3, 0.4) is 0 Å². The molecule has 4 N–H and O–H groups in total. The van der Waals surface area contributed by atoms with Crippen molar-refractivity contribution < 1.29 is 38.5 Å². The number of alkyl carbamates (subject to hydrolysis) is 1. The number of carboxylic acids is 1. The number of fused-ring (bicyclic) bond motifs is 3. The summed E-state index contributed by atoms with van der Waals surface area (Å²) in [5.41, 5.74) is -0.437. The van der Waals surface area contributed by atoms with Crippen molar-refractivity contribution in [2.45, 2.75) is 95.0 Å². The van der Waals surface area contributed by atoms with E-state index in [9.17, 15) is 24.3 Å². The molecule has 0 spiro atoms. The fourth-order valence-electron chi connectivity index (χ4n) is 6.81. The van der Waals surface area contributed by atoms with E-state index in [0.29, 0.717) is 46.6 Å². The topological polar surface area (TPSA) is 181 Å². The number of carbonyl (C=O) groups is 4. The standard InChI is InChI=1S/C37H46N6O8S/c1-36(2,3)51-35(48)41-25-12-10-8-6-7-9-11-21-18-37(21,33(46)47)42-31(44)29-16-23(19-43(29)32(25)45)50-30-17-27(28-20-52-34(38-4)40-28)39-26-15-22(49-5)13-14-24(26)30/h9,11,13-15,17,20-21,23,25,29H,6-8,10,12,16,18-19H2,1-5H3,(H,38,40)(H,41,48)(H,42,44)(H,46,47)/b11-9-/t21-,23-,25?,29+,37-/m1/s1. The molecule has 1 aliphatic carbocycles. The largest absolute Gasteiger partial charge is 0.497 e. The number of allylic oxidation sites excluding steroid dienone is 1. The van der Waals surface area contributed by atoms with Crippen molar-refractivity contribution in [2.24, 2.45) is 5.92 Å². The first-order chi connectivity index (χ1) is 24.8. The van der Waals surface area contributed by atoms with Gasteiger partial charge in [-0.3, -0.25) is 9.59 Å². The van der Waals surface area contributed by atoms with Gasteiger partial charge in [-0.1, -0.05) is 25.0 Å². The molecular weight excluding hydrogens is 689 g/mol. The van der Waals surface area contributed by atoms with Gasteiger partial charge in [0.2, 0.25) is 11.8 Å². The highest BCUT2D eigenvalue weighted by Crippen LogP contribution is 2.45. The lowest BCUT2D eigenvalue weighted by Gasteiger charge is -2.30. The van der Waals surface area contributed by atoms with E-state index in [1.54, 1.807) is 53.1 Å². The number of carbonyl (C=O) groups excluding carboxylic acids is 3. The monoisotopic (exact) mass is 734 g/mol. The smallest absolute Gasteiger partial charge is 0.408 e. The molecule has 278 valence electrons. The number of nitrogens with zero attached hydrogens (tertiary/aromatic N) is 3. The number of hydrogen-bond acceptors (Lipinski definition) is 11. The molecule has 4 heterocycles. The Morgan fingerprint density at radius 2 is 1.92 bits per heavy atom. The van der Waals surface area contributed by atoms with E-state index in [-0.39, 0.29) is 25.3 Å². The van der Waals surface area contributed by atoms with E-state index < -0.39 is 53.2 Å². The molecule has 2 aromatic heterocycles. The van der Waals surface area contributed by atoms with Crippen LogP contribution < -0.4 is 25.4 Å². The number of benzene rings is 1. The first kappa shape index (κ1) is 36.9. The Bertz CT molecular complexity index is 1870. The van der Waals surface area contributed by atoms with Gasteiger partial charge in [-0.05, 0) is 58.6 Å². The molecule has 5 atom stereocenters. The van der Waals surface area contributed by atoms with Gasteiger partial charge in [-0.2, -0.15) is 0 Å². The second kappa shape index (κ2) is 15.0. The first-order valence-corrected chi connectivity index (χ1v) is 18.5. The predicted molar refractivity (Wildman–Crippen MR) is 195 cm³/mol. The summed E-state index contributed by atoms with van der Waals surface area (Å²) >= 11 is 1.44. The van der Waals surface area contributed by atoms with Gasteiger partial charge < -0.3 is 40.2 Å². The number of pyridine rings is 1. The van der Waals surface area contributed by atoms with E-state index in [4.69, 9.17) is 19.2 Å². The maximum absolute atomic E-state index is 14.4. The first-order valence-electron chi connectivity index (χ1n) is 17.6. The van der Waals surface area contributed by atoms with Crippen molar-refractivity contribution in [3.05, 3.63) is 41.8 Å². The number of carboxylic acid groups (broad SMARTS) is 1. The molecule has 3 amide bonds. The zero-order valence-electron chi connectivity index (χ0n) is 30.1. The fourth-order valence-corrected chi connectivity index (χ4v) is 7.48. The van der Waals surface area contributed by atoms with Gasteiger partial charge in [0.15, 0.2) is 5.13 Å². The van der Waals surface area contributed by atoms with Crippen molar-refractivity contribution in [3.63, 3.8) is 0 Å². The van der Waals surface area contributed by atoms with Crippen LogP contribution in [0.2, 0.25) is 0 Å². The lowest BCUT2D eigenvalue weighted by molar-refractivity contribution is -0.145. The van der Waals surface area contributed by atoms with Crippen molar-refractivity contribution >= 4 is 51.2 Å². The Morgan fingerprint density at radius 3 is 2.63 bits per heavy atom. The highest BCUT2D eigenvalue weighted by Gasteiger charge is 2.61. The number of aliphatic carboxylic acids is 1. The molecule has 3 aliphatic rings. The van der Waals surface area contributed by atoms with Crippen molar-refractivity contribution in [3.8, 4) is 22.9 Å². The third-order valence-electron chi connectivity index (χ3n) is 9.57. The van der Waals surface area contributed by atoms with Crippen molar-refractivity contribution in [1.29, 1.82) is 0 Å². The maximum atomic E-state index is 14.4. The molecular formula is C37H46N6O8S. The summed E-state index contributed by atoms with van der Waals surface area (Å²) in [6.45, 7) is 5.23. The molecule has 14 nitrogen and oxygen atoms in total. The molecule has 1 saturated carbocycles. The van der Waals surface area contributed by atoms with Gasteiger partial charge in [0.25, 0.3) is 0 Å². The second-order valence-corrected chi connectivity index (χ2v) is 15.4. The van der Waals surface area contributed by atoms with Gasteiger partial charge in [0.05, 0.1) is 24.9 Å². The van der Waals surface area contributed by atoms with Gasteiger partial charge in [0, 0.05) is 42.3 Å². The van der Waals surface area contributed by atoms with Gasteiger partial charge in [-0.25, -0.2) is 19.6 Å². The summed E-state index contributed by atoms with van der Waals surface area (Å²) in [6, 6.07) is 5.19. The Morgan fingerprint density at radius 1 is 1.12 bits per heavy atom. The lowest BCUT2D eigenvalue weighted by atomic mass is 10.0. The van der Waals surface area contributed by atoms with Crippen LogP contribution in [0, 0.1) is 5.92 Å². The number of amides is 3. The molecule has 52 heavy (non-hydrogen) atoms. The third-order valence-corrected chi connectivity index (χ3v) is 10.4. The van der Waals surface area contributed by atoms with Crippen LogP contribution >= 0.6 is 11.3 Å². The number of aromatic nitrogens is 2. The van der Waals surface area contributed by atoms with E-state index >= 15 is 0 Å². The summed E-state index contributed by atoms with van der Waals surface area (Å²) in [5, 5.41) is 22.1. The van der Waals surface area contributed by atoms with E-state index in [2.05, 4.69) is 20.9 Å². The lowest BCUT2D eigenvalue weighted by Crippen LogP contribution is -2.56. The summed E-state index contributed by atoms with van der Waals surface area (Å²) in [5.74, 6) is -1.45. The van der Waals surface area contributed by atoms with Crippen LogP contribution in [0.1, 0.15) is 65.7 Å². The Balaban J connectivity index is 1.34. The minimum absolute atomic E-state index is 0.0166. The highest BCUT2D eigenvalue weighted by molar-refractivity contribution is 7.14. The molecule has 1 unspecified atom stereocenters. The van der Waals surface area contributed by atoms with Crippen LogP contribution in [-0.4, -0.2) is 93.9 Å². The number of anilines is 1. The van der Waals surface area contributed by atoms with E-state index in [0.717, 1.165) is 24.4 Å². The molecule has 3 aromatic rings. The van der Waals surface area contributed by atoms with E-state index in [1.807, 2.05) is 23.6 Å². The summed E-state index contributed by atoms with van der Waals surface area (Å²) in [6.07, 6.45) is 6.12. The number of thiazole rings is 1. The normalized spacial score (nSPS) is 25.8. The van der Waals surface area contributed by atoms with Crippen LogP contribution in [-0.2, 0) is 19.1 Å². The van der Waals surface area contributed by atoms with Crippen molar-refractivity contribution in [2.75, 3.05) is 26.0 Å². The second-order valence-electron chi connectivity index (χ2n) is 14.5. The maximum Gasteiger partial charge on any atom is 0.408 e. The van der Waals surface area contributed by atoms with Crippen LogP contribution in [0.4, 0.5) is 9.93 Å². The molecule has 1 aromatic carbocycles. The zero-order valence-corrected chi connectivity index (χ0v) is 30.9. The quantitative estimate of drug-likeness (QED) is 0.236. The van der Waals surface area contributed by atoms with Gasteiger partial charge >= 0.3 is 12.1 Å². The molecule has 2 fully saturated rings. The number of hydrogen-bond donors (Lipinski definition) is 4. The average molecular weight is 735 g/mol. The predicted octanol–water partition coefficient (Wildman–Crippen LogP) is 5.13. The van der Waals surface area contributed by atoms with Crippen LogP contribution in [0.15, 0.2) is 41.8 Å². The number of methoxy groups -OCH3 is 1. The fraction of sp³-hybridized carbons (Fsp3) is 0.514. The number of nitrogens with one attached hydrogen (secondary N) is 3. The molecule has 0 bridgehead atoms. The molecule has 2 aliphatic heterocycles. The molecule has 15 heteroatoms. The molecule has 0 radical (unpaired) electrons. The SMILES string of the molecule is CNc1nc(-c2cc(O[C@@H]3C[C@H]4C(=O)N[C@]5(C(=O)O)C[C@H]5/C=C\CCCCCC(NC(=O)OC(C)(C)C)C(=O)N4C3)c3ccc(OC)cc3n2)cs1. The van der Waals surface area contributed by atoms with Gasteiger partial charge in [-0.15, -0.1) is 11.3 Å². The Hall–Kier alpha value is -4.92. The summed E-state index contributed by atoms with van der Waals surface area (Å²) in [4.78, 5) is 64.8. The highest BCUT2D eigenvalue weighted by atomic mass is 32.1. The molecule has 6 rings (SSSR count). The third kappa shape index (κ3) is 8.09. The summed E-state index contributed by atoms with van der Waals surface area (Å²) < 4.78 is 17.6. The van der Waals surface area contributed by atoms with E-state index in [1.165, 1.54) is 16.2 Å². The Labute approximate surface area is 306 Å². The van der Waals surface area contributed by atoms with Crippen molar-refractivity contribution in [1.82, 2.24) is 25.5 Å². The number of rotatable bonds is 7.